The van der Waals surface area contributed by atoms with Gasteiger partial charge in [-0.3, -0.25) is 0 Å². The van der Waals surface area contributed by atoms with Crippen LogP contribution in [-0.2, 0) is 6.42 Å². The smallest absolute Gasteiger partial charge is 0.349 e. The van der Waals surface area contributed by atoms with Crippen molar-refractivity contribution in [3.8, 4) is 11.8 Å². The maximum absolute atomic E-state index is 14.0. The molecule has 2 aromatic carbocycles. The molecule has 128 valence electrons. The highest BCUT2D eigenvalue weighted by atomic mass is 19.1. The summed E-state index contributed by atoms with van der Waals surface area (Å²) in [6, 6.07) is 4.40. The number of halogens is 4. The van der Waals surface area contributed by atoms with E-state index in [1.165, 1.54) is 6.07 Å². The third kappa shape index (κ3) is 4.04. The lowest BCUT2D eigenvalue weighted by Gasteiger charge is -2.09. The Balaban J connectivity index is 2.30. The van der Waals surface area contributed by atoms with Crippen LogP contribution in [0.3, 0.4) is 0 Å². The van der Waals surface area contributed by atoms with E-state index in [1.807, 2.05) is 0 Å². The number of hydrogen-bond donors (Lipinski definition) is 0. The average Bonchev–Trinajstić information content (AvgIpc) is 2.52. The summed E-state index contributed by atoms with van der Waals surface area (Å²) in [5.41, 5.74) is -1.52. The van der Waals surface area contributed by atoms with E-state index in [0.29, 0.717) is 30.5 Å². The van der Waals surface area contributed by atoms with E-state index in [9.17, 15) is 22.4 Å². The second kappa shape index (κ2) is 7.62. The predicted octanol–water partition coefficient (Wildman–Crippen LogP) is 4.45. The van der Waals surface area contributed by atoms with E-state index in [-0.39, 0.29) is 0 Å². The molecule has 0 unspecified atom stereocenters. The number of nitrogens with zero attached hydrogens (tertiary/aromatic N) is 1. The van der Waals surface area contributed by atoms with Crippen molar-refractivity contribution in [3.05, 3.63) is 76.9 Å². The quantitative estimate of drug-likeness (QED) is 0.347. The summed E-state index contributed by atoms with van der Waals surface area (Å²) < 4.78 is 59.6. The minimum atomic E-state index is -1.45. The minimum absolute atomic E-state index is 0.321. The van der Waals surface area contributed by atoms with Crippen LogP contribution in [0, 0.1) is 34.6 Å². The maximum atomic E-state index is 14.0. The molecule has 0 fully saturated rings. The Morgan fingerprint density at radius 2 is 1.64 bits per heavy atom. The fourth-order valence-corrected chi connectivity index (χ4v) is 2.11. The summed E-state index contributed by atoms with van der Waals surface area (Å²) in [5, 5.41) is 8.57. The van der Waals surface area contributed by atoms with Crippen LogP contribution in [0.5, 0.6) is 5.75 Å². The molecule has 0 saturated heterocycles. The lowest BCUT2D eigenvalue weighted by Crippen LogP contribution is -2.14. The first-order chi connectivity index (χ1) is 11.9. The molecule has 2 aromatic rings. The molecule has 0 bridgehead atoms. The van der Waals surface area contributed by atoms with Crippen molar-refractivity contribution < 1.29 is 27.1 Å². The molecule has 0 aliphatic rings. The fraction of sp³-hybridized carbons (Fsp3) is 0.111. The number of rotatable bonds is 5. The summed E-state index contributed by atoms with van der Waals surface area (Å²) in [5.74, 6) is -6.89. The van der Waals surface area contributed by atoms with E-state index in [4.69, 9.17) is 5.26 Å². The van der Waals surface area contributed by atoms with Crippen LogP contribution in [0.2, 0.25) is 0 Å². The third-order valence-corrected chi connectivity index (χ3v) is 3.28. The molecule has 0 heterocycles. The first-order valence-corrected chi connectivity index (χ1v) is 7.07. The van der Waals surface area contributed by atoms with Gasteiger partial charge < -0.3 is 4.74 Å². The Hall–Kier alpha value is -3.14. The number of esters is 1. The van der Waals surface area contributed by atoms with Gasteiger partial charge in [0.05, 0.1) is 0 Å². The summed E-state index contributed by atoms with van der Waals surface area (Å²) in [4.78, 5) is 11.9. The number of nitriles is 1. The summed E-state index contributed by atoms with van der Waals surface area (Å²) in [6.07, 6.45) is 2.40. The van der Waals surface area contributed by atoms with Gasteiger partial charge in [-0.1, -0.05) is 6.08 Å². The average molecular weight is 349 g/mol. The van der Waals surface area contributed by atoms with E-state index in [1.54, 1.807) is 6.08 Å². The zero-order chi connectivity index (χ0) is 18.6. The van der Waals surface area contributed by atoms with Crippen LogP contribution in [0.25, 0.3) is 0 Å². The Morgan fingerprint density at radius 1 is 1.08 bits per heavy atom. The number of carbonyl (C=O) groups is 1. The monoisotopic (exact) mass is 349 g/mol. The number of benzene rings is 2. The van der Waals surface area contributed by atoms with Crippen LogP contribution in [-0.4, -0.2) is 5.97 Å². The van der Waals surface area contributed by atoms with Gasteiger partial charge in [-0.2, -0.15) is 5.26 Å². The lowest BCUT2D eigenvalue weighted by molar-refractivity contribution is 0.0723. The number of carbonyl (C=O) groups excluding carboxylic acids is 1. The molecular formula is C18H11F4NO2. The standard InChI is InChI=1S/C18H11F4NO2/c1-2-3-4-10-5-15(21)17(16(22)6-10)18(24)25-11-7-13(19)12(9-23)14(20)8-11/h2,5-8H,1,3-4H2. The zero-order valence-electron chi connectivity index (χ0n) is 12.8. The van der Waals surface area contributed by atoms with Gasteiger partial charge in [-0.15, -0.1) is 6.58 Å². The maximum Gasteiger partial charge on any atom is 0.349 e. The lowest BCUT2D eigenvalue weighted by atomic mass is 10.1. The highest BCUT2D eigenvalue weighted by Gasteiger charge is 2.22. The van der Waals surface area contributed by atoms with Gasteiger partial charge in [-0.05, 0) is 30.5 Å². The molecule has 0 aromatic heterocycles. The van der Waals surface area contributed by atoms with Crippen LogP contribution < -0.4 is 4.74 Å². The van der Waals surface area contributed by atoms with Gasteiger partial charge in [-0.25, -0.2) is 22.4 Å². The molecule has 3 nitrogen and oxygen atoms in total. The Morgan fingerprint density at radius 3 is 2.12 bits per heavy atom. The van der Waals surface area contributed by atoms with Gasteiger partial charge in [0.25, 0.3) is 0 Å². The number of aryl methyl sites for hydroxylation is 1. The normalized spacial score (nSPS) is 10.2. The van der Waals surface area contributed by atoms with E-state index < -0.39 is 46.1 Å². The van der Waals surface area contributed by atoms with E-state index in [0.717, 1.165) is 12.1 Å². The molecule has 0 spiro atoms. The first-order valence-electron chi connectivity index (χ1n) is 7.07. The SMILES string of the molecule is C=CCCc1cc(F)c(C(=O)Oc2cc(F)c(C#N)c(F)c2)c(F)c1. The molecule has 0 aliphatic carbocycles. The predicted molar refractivity (Wildman–Crippen MR) is 80.9 cm³/mol. The Bertz CT molecular complexity index is 841. The highest BCUT2D eigenvalue weighted by molar-refractivity contribution is 5.91. The molecule has 0 saturated carbocycles. The van der Waals surface area contributed by atoms with E-state index >= 15 is 0 Å². The summed E-state index contributed by atoms with van der Waals surface area (Å²) in [6.45, 7) is 3.50. The van der Waals surface area contributed by atoms with Crippen molar-refractivity contribution in [2.45, 2.75) is 12.8 Å². The molecular weight excluding hydrogens is 338 g/mol. The number of hydrogen-bond acceptors (Lipinski definition) is 3. The first kappa shape index (κ1) is 18.2. The topological polar surface area (TPSA) is 50.1 Å². The van der Waals surface area contributed by atoms with Crippen LogP contribution in [0.4, 0.5) is 17.6 Å². The summed E-state index contributed by atoms with van der Waals surface area (Å²) >= 11 is 0. The molecule has 0 atom stereocenters. The minimum Gasteiger partial charge on any atom is -0.423 e. The molecule has 7 heteroatoms. The van der Waals surface area contributed by atoms with Crippen LogP contribution >= 0.6 is 0 Å². The molecule has 0 N–H and O–H groups in total. The molecule has 2 rings (SSSR count). The molecule has 0 aliphatic heterocycles. The van der Waals surface area contributed by atoms with Crippen molar-refractivity contribution >= 4 is 5.97 Å². The third-order valence-electron chi connectivity index (χ3n) is 3.28. The van der Waals surface area contributed by atoms with Crippen molar-refractivity contribution in [1.82, 2.24) is 0 Å². The van der Waals surface area contributed by atoms with Crippen molar-refractivity contribution in [2.24, 2.45) is 0 Å². The second-order valence-electron chi connectivity index (χ2n) is 5.03. The van der Waals surface area contributed by atoms with Crippen molar-refractivity contribution in [3.63, 3.8) is 0 Å². The van der Waals surface area contributed by atoms with Gasteiger partial charge in [0.2, 0.25) is 0 Å². The number of ether oxygens (including phenoxy) is 1. The Labute approximate surface area is 140 Å². The van der Waals surface area contributed by atoms with Gasteiger partial charge in [0.1, 0.15) is 46.2 Å². The molecule has 0 radical (unpaired) electrons. The van der Waals surface area contributed by atoms with Crippen LogP contribution in [0.15, 0.2) is 36.9 Å². The van der Waals surface area contributed by atoms with Gasteiger partial charge >= 0.3 is 5.97 Å². The highest BCUT2D eigenvalue weighted by Crippen LogP contribution is 2.23. The van der Waals surface area contributed by atoms with Crippen molar-refractivity contribution in [2.75, 3.05) is 0 Å². The van der Waals surface area contributed by atoms with Crippen LogP contribution in [0.1, 0.15) is 27.9 Å². The zero-order valence-corrected chi connectivity index (χ0v) is 12.8. The fourth-order valence-electron chi connectivity index (χ4n) is 2.11. The molecule has 25 heavy (non-hydrogen) atoms. The van der Waals surface area contributed by atoms with Crippen molar-refractivity contribution in [1.29, 1.82) is 5.26 Å². The van der Waals surface area contributed by atoms with Gasteiger partial charge in [0.15, 0.2) is 0 Å². The summed E-state index contributed by atoms with van der Waals surface area (Å²) in [7, 11) is 0. The largest absolute Gasteiger partial charge is 0.423 e. The van der Waals surface area contributed by atoms with E-state index in [2.05, 4.69) is 11.3 Å². The number of allylic oxidation sites excluding steroid dienone is 1. The Kier molecular flexibility index (Phi) is 5.55. The van der Waals surface area contributed by atoms with Gasteiger partial charge in [0, 0.05) is 12.1 Å². The molecule has 0 amide bonds. The second-order valence-corrected chi connectivity index (χ2v) is 5.03.